The molecule has 1 aromatic carbocycles. The SMILES string of the molecule is CNc1nc(CCc2c(C)cc(C)cc2C)co1. The van der Waals surface area contributed by atoms with Crippen molar-refractivity contribution in [2.24, 2.45) is 0 Å². The molecule has 0 unspecified atom stereocenters. The lowest BCUT2D eigenvalue weighted by Gasteiger charge is -2.10. The normalized spacial score (nSPS) is 10.7. The molecule has 0 aliphatic heterocycles. The van der Waals surface area contributed by atoms with Crippen LogP contribution in [-0.2, 0) is 12.8 Å². The number of aryl methyl sites for hydroxylation is 4. The van der Waals surface area contributed by atoms with Crippen molar-refractivity contribution in [2.45, 2.75) is 33.6 Å². The van der Waals surface area contributed by atoms with Crippen molar-refractivity contribution in [1.29, 1.82) is 0 Å². The predicted molar refractivity (Wildman–Crippen MR) is 74.1 cm³/mol. The van der Waals surface area contributed by atoms with Crippen LogP contribution in [0.5, 0.6) is 0 Å². The van der Waals surface area contributed by atoms with E-state index in [9.17, 15) is 0 Å². The first-order valence-corrected chi connectivity index (χ1v) is 6.29. The van der Waals surface area contributed by atoms with Gasteiger partial charge >= 0.3 is 0 Å². The Morgan fingerprint density at radius 1 is 1.11 bits per heavy atom. The summed E-state index contributed by atoms with van der Waals surface area (Å²) in [7, 11) is 1.81. The average Bonchev–Trinajstić information content (AvgIpc) is 2.75. The quantitative estimate of drug-likeness (QED) is 0.895. The Morgan fingerprint density at radius 3 is 2.33 bits per heavy atom. The molecule has 2 rings (SSSR count). The summed E-state index contributed by atoms with van der Waals surface area (Å²) >= 11 is 0. The minimum atomic E-state index is 0.586. The Hall–Kier alpha value is -1.77. The number of benzene rings is 1. The van der Waals surface area contributed by atoms with Crippen LogP contribution in [0.15, 0.2) is 22.8 Å². The monoisotopic (exact) mass is 244 g/mol. The lowest BCUT2D eigenvalue weighted by atomic mass is 9.96. The van der Waals surface area contributed by atoms with Gasteiger partial charge < -0.3 is 9.73 Å². The lowest BCUT2D eigenvalue weighted by Crippen LogP contribution is -1.99. The fourth-order valence-corrected chi connectivity index (χ4v) is 2.39. The molecule has 0 saturated carbocycles. The second-order valence-electron chi connectivity index (χ2n) is 4.77. The van der Waals surface area contributed by atoms with Gasteiger partial charge in [0.15, 0.2) is 0 Å². The van der Waals surface area contributed by atoms with Crippen LogP contribution >= 0.6 is 0 Å². The van der Waals surface area contributed by atoms with Crippen molar-refractivity contribution < 1.29 is 4.42 Å². The van der Waals surface area contributed by atoms with Crippen molar-refractivity contribution in [3.8, 4) is 0 Å². The van der Waals surface area contributed by atoms with E-state index in [0.29, 0.717) is 6.01 Å². The van der Waals surface area contributed by atoms with Crippen LogP contribution in [-0.4, -0.2) is 12.0 Å². The lowest BCUT2D eigenvalue weighted by molar-refractivity contribution is 0.573. The Kier molecular flexibility index (Phi) is 3.70. The first-order valence-electron chi connectivity index (χ1n) is 6.29. The van der Waals surface area contributed by atoms with Gasteiger partial charge in [0.25, 0.3) is 6.01 Å². The van der Waals surface area contributed by atoms with Crippen LogP contribution in [0.1, 0.15) is 27.9 Å². The first kappa shape index (κ1) is 12.7. The van der Waals surface area contributed by atoms with Crippen LogP contribution in [0.3, 0.4) is 0 Å². The molecular formula is C15H20N2O. The summed E-state index contributed by atoms with van der Waals surface area (Å²) in [4.78, 5) is 4.34. The zero-order valence-electron chi connectivity index (χ0n) is 11.5. The maximum absolute atomic E-state index is 5.26. The second-order valence-corrected chi connectivity index (χ2v) is 4.77. The minimum absolute atomic E-state index is 0.586. The van der Waals surface area contributed by atoms with Gasteiger partial charge in [0.1, 0.15) is 6.26 Å². The molecule has 0 aliphatic carbocycles. The van der Waals surface area contributed by atoms with E-state index in [-0.39, 0.29) is 0 Å². The number of anilines is 1. The van der Waals surface area contributed by atoms with Crippen LogP contribution < -0.4 is 5.32 Å². The highest BCUT2D eigenvalue weighted by Crippen LogP contribution is 2.19. The smallest absolute Gasteiger partial charge is 0.294 e. The minimum Gasteiger partial charge on any atom is -0.432 e. The first-order chi connectivity index (χ1) is 8.60. The topological polar surface area (TPSA) is 38.1 Å². The van der Waals surface area contributed by atoms with Gasteiger partial charge in [0.2, 0.25) is 0 Å². The van der Waals surface area contributed by atoms with Crippen molar-refractivity contribution in [3.05, 3.63) is 46.3 Å². The average molecular weight is 244 g/mol. The molecule has 3 heteroatoms. The van der Waals surface area contributed by atoms with Gasteiger partial charge in [-0.05, 0) is 50.3 Å². The Labute approximate surface area is 108 Å². The van der Waals surface area contributed by atoms with Gasteiger partial charge in [0, 0.05) is 7.05 Å². The van der Waals surface area contributed by atoms with Crippen molar-refractivity contribution in [3.63, 3.8) is 0 Å². The summed E-state index contributed by atoms with van der Waals surface area (Å²) < 4.78 is 5.26. The molecule has 1 N–H and O–H groups in total. The molecule has 18 heavy (non-hydrogen) atoms. The molecule has 0 bridgehead atoms. The summed E-state index contributed by atoms with van der Waals surface area (Å²) in [5.41, 5.74) is 6.48. The van der Waals surface area contributed by atoms with Crippen molar-refractivity contribution >= 4 is 6.01 Å². The Bertz CT molecular complexity index is 520. The standard InChI is InChI=1S/C15H20N2O/c1-10-7-11(2)14(12(3)8-10)6-5-13-9-18-15(16-4)17-13/h7-9H,5-6H2,1-4H3,(H,16,17). The van der Waals surface area contributed by atoms with Crippen molar-refractivity contribution in [1.82, 2.24) is 4.98 Å². The van der Waals surface area contributed by atoms with Crippen LogP contribution in [0.25, 0.3) is 0 Å². The molecule has 1 heterocycles. The zero-order valence-corrected chi connectivity index (χ0v) is 11.5. The summed E-state index contributed by atoms with van der Waals surface area (Å²) in [6, 6.07) is 5.07. The largest absolute Gasteiger partial charge is 0.432 e. The van der Waals surface area contributed by atoms with E-state index in [0.717, 1.165) is 18.5 Å². The van der Waals surface area contributed by atoms with E-state index in [4.69, 9.17) is 4.42 Å². The van der Waals surface area contributed by atoms with E-state index in [1.54, 1.807) is 6.26 Å². The highest BCUT2D eigenvalue weighted by Gasteiger charge is 2.07. The summed E-state index contributed by atoms with van der Waals surface area (Å²) in [6.07, 6.45) is 3.65. The molecule has 3 nitrogen and oxygen atoms in total. The van der Waals surface area contributed by atoms with Gasteiger partial charge in [-0.2, -0.15) is 4.98 Å². The summed E-state index contributed by atoms with van der Waals surface area (Å²) in [6.45, 7) is 6.49. The third-order valence-electron chi connectivity index (χ3n) is 3.24. The van der Waals surface area contributed by atoms with E-state index in [2.05, 4.69) is 43.2 Å². The molecule has 0 aliphatic rings. The van der Waals surface area contributed by atoms with Crippen LogP contribution in [0.2, 0.25) is 0 Å². The number of nitrogens with one attached hydrogen (secondary N) is 1. The fourth-order valence-electron chi connectivity index (χ4n) is 2.39. The van der Waals surface area contributed by atoms with Gasteiger partial charge in [0.05, 0.1) is 5.69 Å². The molecule has 2 aromatic rings. The number of rotatable bonds is 4. The number of nitrogens with zero attached hydrogens (tertiary/aromatic N) is 1. The van der Waals surface area contributed by atoms with Gasteiger partial charge in [-0.1, -0.05) is 17.7 Å². The van der Waals surface area contributed by atoms with Gasteiger partial charge in [-0.15, -0.1) is 0 Å². The van der Waals surface area contributed by atoms with Crippen LogP contribution in [0.4, 0.5) is 6.01 Å². The Balaban J connectivity index is 2.10. The Morgan fingerprint density at radius 2 is 1.78 bits per heavy atom. The van der Waals surface area contributed by atoms with E-state index in [1.807, 2.05) is 7.05 Å². The maximum atomic E-state index is 5.26. The van der Waals surface area contributed by atoms with E-state index in [1.165, 1.54) is 22.3 Å². The number of oxazole rings is 1. The third-order valence-corrected chi connectivity index (χ3v) is 3.24. The maximum Gasteiger partial charge on any atom is 0.294 e. The second kappa shape index (κ2) is 5.25. The molecule has 96 valence electrons. The summed E-state index contributed by atoms with van der Waals surface area (Å²) in [5, 5.41) is 2.90. The predicted octanol–water partition coefficient (Wildman–Crippen LogP) is 3.43. The molecule has 1 aromatic heterocycles. The molecule has 0 fully saturated rings. The summed E-state index contributed by atoms with van der Waals surface area (Å²) in [5.74, 6) is 0. The number of hydrogen-bond donors (Lipinski definition) is 1. The highest BCUT2D eigenvalue weighted by atomic mass is 16.4. The molecule has 0 atom stereocenters. The molecule has 0 radical (unpaired) electrons. The number of hydrogen-bond acceptors (Lipinski definition) is 3. The van der Waals surface area contributed by atoms with Crippen molar-refractivity contribution in [2.75, 3.05) is 12.4 Å². The number of aromatic nitrogens is 1. The van der Waals surface area contributed by atoms with E-state index < -0.39 is 0 Å². The van der Waals surface area contributed by atoms with Gasteiger partial charge in [-0.25, -0.2) is 0 Å². The molecule has 0 saturated heterocycles. The van der Waals surface area contributed by atoms with Crippen LogP contribution in [0, 0.1) is 20.8 Å². The zero-order chi connectivity index (χ0) is 13.1. The molecular weight excluding hydrogens is 224 g/mol. The third kappa shape index (κ3) is 2.73. The van der Waals surface area contributed by atoms with E-state index >= 15 is 0 Å². The highest BCUT2D eigenvalue weighted by molar-refractivity contribution is 5.38. The van der Waals surface area contributed by atoms with Gasteiger partial charge in [-0.3, -0.25) is 0 Å². The fraction of sp³-hybridized carbons (Fsp3) is 0.400. The molecule has 0 amide bonds. The molecule has 0 spiro atoms.